The lowest BCUT2D eigenvalue weighted by molar-refractivity contribution is 0.0117. The summed E-state index contributed by atoms with van der Waals surface area (Å²) in [7, 11) is 0. The van der Waals surface area contributed by atoms with Gasteiger partial charge in [-0.3, -0.25) is 0 Å². The summed E-state index contributed by atoms with van der Waals surface area (Å²) in [6.45, 7) is 1.93. The van der Waals surface area contributed by atoms with Gasteiger partial charge in [-0.2, -0.15) is 0 Å². The molecule has 1 aliphatic carbocycles. The third kappa shape index (κ3) is 1.86. The van der Waals surface area contributed by atoms with Crippen LogP contribution in [0.1, 0.15) is 24.8 Å². The van der Waals surface area contributed by atoms with Crippen molar-refractivity contribution in [3.05, 3.63) is 33.6 Å². The lowest BCUT2D eigenvalue weighted by atomic mass is 9.69. The van der Waals surface area contributed by atoms with Gasteiger partial charge in [-0.05, 0) is 36.0 Å². The highest BCUT2D eigenvalue weighted by Gasteiger charge is 2.38. The zero-order chi connectivity index (χ0) is 11.2. The number of rotatable bonds is 1. The topological polar surface area (TPSA) is 20.2 Å². The van der Waals surface area contributed by atoms with Crippen molar-refractivity contribution in [2.45, 2.75) is 25.4 Å². The van der Waals surface area contributed by atoms with Crippen LogP contribution < -0.4 is 0 Å². The lowest BCUT2D eigenvalue weighted by Gasteiger charge is -2.40. The van der Waals surface area contributed by atoms with E-state index in [1.165, 1.54) is 12.1 Å². The molecule has 3 unspecified atom stereocenters. The third-order valence-electron chi connectivity index (χ3n) is 3.18. The van der Waals surface area contributed by atoms with E-state index in [2.05, 4.69) is 0 Å². The Hall–Kier alpha value is -0.310. The summed E-state index contributed by atoms with van der Waals surface area (Å²) < 4.78 is 13.3. The third-order valence-corrected chi connectivity index (χ3v) is 3.79. The van der Waals surface area contributed by atoms with Crippen molar-refractivity contribution in [2.75, 3.05) is 0 Å². The van der Waals surface area contributed by atoms with Crippen molar-refractivity contribution >= 4 is 23.2 Å². The van der Waals surface area contributed by atoms with Gasteiger partial charge in [0.1, 0.15) is 5.82 Å². The van der Waals surface area contributed by atoms with Crippen LogP contribution >= 0.6 is 23.2 Å². The van der Waals surface area contributed by atoms with Gasteiger partial charge in [0.25, 0.3) is 0 Å². The minimum atomic E-state index is -0.454. The summed E-state index contributed by atoms with van der Waals surface area (Å²) in [5.41, 5.74) is 0.747. The first kappa shape index (κ1) is 11.2. The summed E-state index contributed by atoms with van der Waals surface area (Å²) in [5, 5.41) is 9.92. The maximum atomic E-state index is 13.3. The van der Waals surface area contributed by atoms with E-state index < -0.39 is 5.82 Å². The molecule has 3 atom stereocenters. The molecule has 1 aromatic rings. The molecule has 2 rings (SSSR count). The van der Waals surface area contributed by atoms with Gasteiger partial charge in [0.05, 0.1) is 11.1 Å². The van der Waals surface area contributed by atoms with Crippen LogP contribution in [-0.4, -0.2) is 11.2 Å². The molecule has 0 bridgehead atoms. The van der Waals surface area contributed by atoms with Crippen LogP contribution in [0.2, 0.25) is 10.0 Å². The van der Waals surface area contributed by atoms with Crippen LogP contribution in [0.25, 0.3) is 0 Å². The number of aliphatic hydroxyl groups excluding tert-OH is 1. The van der Waals surface area contributed by atoms with E-state index >= 15 is 0 Å². The van der Waals surface area contributed by atoms with E-state index in [4.69, 9.17) is 23.2 Å². The summed E-state index contributed by atoms with van der Waals surface area (Å²) in [6.07, 6.45) is 0.340. The number of aliphatic hydroxyl groups is 1. The minimum Gasteiger partial charge on any atom is -0.393 e. The highest BCUT2D eigenvalue weighted by atomic mass is 35.5. The predicted octanol–water partition coefficient (Wildman–Crippen LogP) is 3.62. The molecule has 1 saturated carbocycles. The van der Waals surface area contributed by atoms with Crippen LogP contribution in [-0.2, 0) is 0 Å². The Morgan fingerprint density at radius 2 is 2.00 bits per heavy atom. The molecule has 82 valence electrons. The van der Waals surface area contributed by atoms with Gasteiger partial charge < -0.3 is 5.11 Å². The smallest absolute Gasteiger partial charge is 0.142 e. The molecule has 1 N–H and O–H groups in total. The van der Waals surface area contributed by atoms with E-state index in [9.17, 15) is 9.50 Å². The second kappa shape index (κ2) is 3.93. The van der Waals surface area contributed by atoms with Crippen LogP contribution in [0.4, 0.5) is 4.39 Å². The van der Waals surface area contributed by atoms with Crippen LogP contribution in [0, 0.1) is 11.7 Å². The first-order valence-corrected chi connectivity index (χ1v) is 5.58. The predicted molar refractivity (Wildman–Crippen MR) is 58.9 cm³/mol. The standard InChI is InChI=1S/C11H11Cl2FO/c1-5-6(3-11(5)15)7-2-10(14)9(13)4-8(7)12/h2,4-6,11,15H,3H2,1H3. The molecule has 0 amide bonds. The quantitative estimate of drug-likeness (QED) is 0.753. The van der Waals surface area contributed by atoms with Crippen molar-refractivity contribution in [3.8, 4) is 0 Å². The number of hydrogen-bond acceptors (Lipinski definition) is 1. The highest BCUT2D eigenvalue weighted by Crippen LogP contribution is 2.45. The average Bonchev–Trinajstić information content (AvgIpc) is 2.20. The monoisotopic (exact) mass is 248 g/mol. The molecule has 0 saturated heterocycles. The fourth-order valence-electron chi connectivity index (χ4n) is 1.99. The lowest BCUT2D eigenvalue weighted by Crippen LogP contribution is -2.37. The molecule has 1 fully saturated rings. The normalized spacial score (nSPS) is 30.1. The van der Waals surface area contributed by atoms with E-state index in [1.807, 2.05) is 6.92 Å². The molecule has 15 heavy (non-hydrogen) atoms. The Bertz CT molecular complexity index is 394. The van der Waals surface area contributed by atoms with Crippen molar-refractivity contribution in [1.29, 1.82) is 0 Å². The SMILES string of the molecule is CC1C(O)CC1c1cc(F)c(Cl)cc1Cl. The fourth-order valence-corrected chi connectivity index (χ4v) is 2.52. The second-order valence-corrected chi connectivity index (χ2v) is 4.87. The maximum Gasteiger partial charge on any atom is 0.142 e. The molecule has 0 heterocycles. The molecule has 1 nitrogen and oxygen atoms in total. The Morgan fingerprint density at radius 3 is 2.53 bits per heavy atom. The number of halogens is 3. The molecule has 0 radical (unpaired) electrons. The van der Waals surface area contributed by atoms with E-state index in [0.29, 0.717) is 11.4 Å². The summed E-state index contributed by atoms with van der Waals surface area (Å²) in [5.74, 6) is -0.188. The van der Waals surface area contributed by atoms with Gasteiger partial charge in [-0.25, -0.2) is 4.39 Å². The Balaban J connectivity index is 2.33. The largest absolute Gasteiger partial charge is 0.393 e. The molecule has 0 aromatic heterocycles. The van der Waals surface area contributed by atoms with Crippen LogP contribution in [0.5, 0.6) is 0 Å². The maximum absolute atomic E-state index is 13.3. The van der Waals surface area contributed by atoms with E-state index in [0.717, 1.165) is 5.56 Å². The first-order valence-electron chi connectivity index (χ1n) is 4.83. The van der Waals surface area contributed by atoms with Crippen LogP contribution in [0.3, 0.4) is 0 Å². The number of hydrogen-bond donors (Lipinski definition) is 1. The van der Waals surface area contributed by atoms with Gasteiger partial charge in [0, 0.05) is 5.02 Å². The Morgan fingerprint density at radius 1 is 1.33 bits per heavy atom. The Kier molecular flexibility index (Phi) is 2.93. The minimum absolute atomic E-state index is 0.0382. The summed E-state index contributed by atoms with van der Waals surface area (Å²) >= 11 is 11.6. The van der Waals surface area contributed by atoms with Crippen molar-refractivity contribution in [3.63, 3.8) is 0 Å². The highest BCUT2D eigenvalue weighted by molar-refractivity contribution is 6.35. The average molecular weight is 249 g/mol. The van der Waals surface area contributed by atoms with Gasteiger partial charge in [0.2, 0.25) is 0 Å². The summed E-state index contributed by atoms with van der Waals surface area (Å²) in [4.78, 5) is 0. The van der Waals surface area contributed by atoms with Crippen molar-refractivity contribution < 1.29 is 9.50 Å². The summed E-state index contributed by atoms with van der Waals surface area (Å²) in [6, 6.07) is 2.79. The van der Waals surface area contributed by atoms with Crippen molar-refractivity contribution in [1.82, 2.24) is 0 Å². The molecule has 1 aromatic carbocycles. The number of benzene rings is 1. The van der Waals surface area contributed by atoms with Gasteiger partial charge in [-0.15, -0.1) is 0 Å². The molecular formula is C11H11Cl2FO. The zero-order valence-corrected chi connectivity index (χ0v) is 9.69. The fraction of sp³-hybridized carbons (Fsp3) is 0.455. The zero-order valence-electron chi connectivity index (χ0n) is 8.17. The molecule has 0 spiro atoms. The van der Waals surface area contributed by atoms with Gasteiger partial charge in [-0.1, -0.05) is 30.1 Å². The molecular weight excluding hydrogens is 238 g/mol. The van der Waals surface area contributed by atoms with Crippen LogP contribution in [0.15, 0.2) is 12.1 Å². The van der Waals surface area contributed by atoms with E-state index in [1.54, 1.807) is 0 Å². The van der Waals surface area contributed by atoms with E-state index in [-0.39, 0.29) is 23.0 Å². The van der Waals surface area contributed by atoms with Crippen molar-refractivity contribution in [2.24, 2.45) is 5.92 Å². The second-order valence-electron chi connectivity index (χ2n) is 4.06. The molecule has 4 heteroatoms. The van der Waals surface area contributed by atoms with Gasteiger partial charge in [0.15, 0.2) is 0 Å². The first-order chi connectivity index (χ1) is 7.00. The Labute approximate surface area is 97.8 Å². The molecule has 1 aliphatic rings. The molecule has 0 aliphatic heterocycles. The van der Waals surface area contributed by atoms with Gasteiger partial charge >= 0.3 is 0 Å².